The van der Waals surface area contributed by atoms with Gasteiger partial charge in [-0.3, -0.25) is 0 Å². The van der Waals surface area contributed by atoms with E-state index < -0.39 is 0 Å². The zero-order chi connectivity index (χ0) is 14.1. The molecule has 2 unspecified atom stereocenters. The van der Waals surface area contributed by atoms with Crippen LogP contribution in [0.2, 0.25) is 0 Å². The molecule has 3 heteroatoms. The molecule has 1 N–H and O–H groups in total. The van der Waals surface area contributed by atoms with Gasteiger partial charge < -0.3 is 15.0 Å². The van der Waals surface area contributed by atoms with Gasteiger partial charge in [-0.1, -0.05) is 13.3 Å². The van der Waals surface area contributed by atoms with Gasteiger partial charge in [-0.25, -0.2) is 0 Å². The summed E-state index contributed by atoms with van der Waals surface area (Å²) in [6.07, 6.45) is 7.13. The molecule has 0 saturated heterocycles. The molecule has 0 aromatic carbocycles. The summed E-state index contributed by atoms with van der Waals surface area (Å²) in [7, 11) is 2.22. The van der Waals surface area contributed by atoms with Crippen molar-refractivity contribution in [3.8, 4) is 0 Å². The molecule has 0 radical (unpaired) electrons. The van der Waals surface area contributed by atoms with Crippen molar-refractivity contribution in [1.82, 2.24) is 10.2 Å². The van der Waals surface area contributed by atoms with E-state index in [1.165, 1.54) is 45.2 Å². The van der Waals surface area contributed by atoms with Gasteiger partial charge >= 0.3 is 0 Å². The normalized spacial score (nSPS) is 23.7. The third kappa shape index (κ3) is 7.28. The molecule has 1 fully saturated rings. The van der Waals surface area contributed by atoms with E-state index >= 15 is 0 Å². The molecule has 0 aromatic heterocycles. The fourth-order valence-electron chi connectivity index (χ4n) is 2.92. The Labute approximate surface area is 120 Å². The third-order valence-corrected chi connectivity index (χ3v) is 4.12. The number of hydrogen-bond donors (Lipinski definition) is 1. The Morgan fingerprint density at radius 1 is 1.26 bits per heavy atom. The molecule has 2 atom stereocenters. The Morgan fingerprint density at radius 3 is 2.74 bits per heavy atom. The fraction of sp³-hybridized carbons (Fsp3) is 1.00. The predicted octanol–water partition coefficient (Wildman–Crippen LogP) is 2.90. The molecule has 0 spiro atoms. The molecule has 19 heavy (non-hydrogen) atoms. The number of rotatable bonds is 10. The van der Waals surface area contributed by atoms with Gasteiger partial charge in [-0.15, -0.1) is 0 Å². The molecule has 0 heterocycles. The van der Waals surface area contributed by atoms with Gasteiger partial charge in [0.05, 0.1) is 12.7 Å². The molecule has 0 aromatic rings. The van der Waals surface area contributed by atoms with Crippen LogP contribution in [0.4, 0.5) is 0 Å². The summed E-state index contributed by atoms with van der Waals surface area (Å²) in [5.74, 6) is 0.889. The van der Waals surface area contributed by atoms with Crippen LogP contribution < -0.4 is 5.32 Å². The molecule has 1 aliphatic carbocycles. The standard InChI is InChI=1S/C16H34N2O/c1-5-10-17-16-8-6-7-15(16)9-11-18(4)12-13-19-14(2)3/h14-17H,5-13H2,1-4H3. The van der Waals surface area contributed by atoms with Gasteiger partial charge in [0.2, 0.25) is 0 Å². The van der Waals surface area contributed by atoms with Crippen molar-refractivity contribution in [2.75, 3.05) is 33.3 Å². The highest BCUT2D eigenvalue weighted by molar-refractivity contribution is 4.83. The summed E-state index contributed by atoms with van der Waals surface area (Å²) in [4.78, 5) is 2.41. The summed E-state index contributed by atoms with van der Waals surface area (Å²) < 4.78 is 5.60. The smallest absolute Gasteiger partial charge is 0.0596 e. The first-order valence-corrected chi connectivity index (χ1v) is 8.17. The molecular weight excluding hydrogens is 236 g/mol. The van der Waals surface area contributed by atoms with Crippen LogP contribution in [0.1, 0.15) is 52.9 Å². The minimum absolute atomic E-state index is 0.353. The van der Waals surface area contributed by atoms with Crippen molar-refractivity contribution < 1.29 is 4.74 Å². The Kier molecular flexibility index (Phi) is 8.67. The number of nitrogens with one attached hydrogen (secondary N) is 1. The van der Waals surface area contributed by atoms with E-state index in [0.717, 1.165) is 25.1 Å². The first-order chi connectivity index (χ1) is 9.13. The monoisotopic (exact) mass is 270 g/mol. The van der Waals surface area contributed by atoms with Crippen LogP contribution >= 0.6 is 0 Å². The van der Waals surface area contributed by atoms with Gasteiger partial charge in [-0.2, -0.15) is 0 Å². The highest BCUT2D eigenvalue weighted by Gasteiger charge is 2.26. The summed E-state index contributed by atoms with van der Waals surface area (Å²) in [6.45, 7) is 10.7. The minimum atomic E-state index is 0.353. The second kappa shape index (κ2) is 9.73. The highest BCUT2D eigenvalue weighted by Crippen LogP contribution is 2.28. The Balaban J connectivity index is 2.12. The van der Waals surface area contributed by atoms with Gasteiger partial charge in [0, 0.05) is 12.6 Å². The molecule has 0 amide bonds. The lowest BCUT2D eigenvalue weighted by Crippen LogP contribution is -2.35. The van der Waals surface area contributed by atoms with E-state index in [2.05, 4.69) is 38.0 Å². The van der Waals surface area contributed by atoms with E-state index in [9.17, 15) is 0 Å². The molecule has 0 bridgehead atoms. The first-order valence-electron chi connectivity index (χ1n) is 8.17. The Morgan fingerprint density at radius 2 is 2.05 bits per heavy atom. The minimum Gasteiger partial charge on any atom is -0.377 e. The maximum absolute atomic E-state index is 5.60. The molecule has 1 aliphatic rings. The zero-order valence-electron chi connectivity index (χ0n) is 13.5. The van der Waals surface area contributed by atoms with E-state index in [1.807, 2.05) is 0 Å². The molecule has 3 nitrogen and oxygen atoms in total. The molecule has 114 valence electrons. The largest absolute Gasteiger partial charge is 0.377 e. The quantitative estimate of drug-likeness (QED) is 0.660. The summed E-state index contributed by atoms with van der Waals surface area (Å²) in [6, 6.07) is 0.778. The van der Waals surface area contributed by atoms with Crippen molar-refractivity contribution in [2.45, 2.75) is 65.0 Å². The van der Waals surface area contributed by atoms with Gasteiger partial charge in [0.15, 0.2) is 0 Å². The van der Waals surface area contributed by atoms with Crippen molar-refractivity contribution in [1.29, 1.82) is 0 Å². The summed E-state index contributed by atoms with van der Waals surface area (Å²) in [5, 5.41) is 3.72. The maximum atomic E-state index is 5.60. The number of ether oxygens (including phenoxy) is 1. The lowest BCUT2D eigenvalue weighted by atomic mass is 9.99. The van der Waals surface area contributed by atoms with Crippen LogP contribution in [0.15, 0.2) is 0 Å². The van der Waals surface area contributed by atoms with Crippen LogP contribution in [0.5, 0.6) is 0 Å². The van der Waals surface area contributed by atoms with Gasteiger partial charge in [-0.05, 0) is 65.6 Å². The first kappa shape index (κ1) is 16.9. The molecule has 1 rings (SSSR count). The number of nitrogens with zero attached hydrogens (tertiary/aromatic N) is 1. The number of hydrogen-bond acceptors (Lipinski definition) is 3. The van der Waals surface area contributed by atoms with E-state index in [0.29, 0.717) is 6.10 Å². The number of likely N-dealkylation sites (N-methyl/N-ethyl adjacent to an activating group) is 1. The Bertz CT molecular complexity index is 221. The van der Waals surface area contributed by atoms with Crippen molar-refractivity contribution in [2.24, 2.45) is 5.92 Å². The predicted molar refractivity (Wildman–Crippen MR) is 82.6 cm³/mol. The van der Waals surface area contributed by atoms with E-state index in [-0.39, 0.29) is 0 Å². The lowest BCUT2D eigenvalue weighted by molar-refractivity contribution is 0.0628. The lowest BCUT2D eigenvalue weighted by Gasteiger charge is -2.24. The van der Waals surface area contributed by atoms with Crippen LogP contribution in [-0.4, -0.2) is 50.3 Å². The highest BCUT2D eigenvalue weighted by atomic mass is 16.5. The molecule has 1 saturated carbocycles. The van der Waals surface area contributed by atoms with E-state index in [1.54, 1.807) is 0 Å². The second-order valence-corrected chi connectivity index (χ2v) is 6.26. The summed E-state index contributed by atoms with van der Waals surface area (Å²) >= 11 is 0. The SMILES string of the molecule is CCCNC1CCCC1CCN(C)CCOC(C)C. The zero-order valence-corrected chi connectivity index (χ0v) is 13.5. The average Bonchev–Trinajstić information content (AvgIpc) is 2.80. The topological polar surface area (TPSA) is 24.5 Å². The maximum Gasteiger partial charge on any atom is 0.0596 e. The van der Waals surface area contributed by atoms with Crippen LogP contribution in [0.3, 0.4) is 0 Å². The van der Waals surface area contributed by atoms with Gasteiger partial charge in [0.1, 0.15) is 0 Å². The van der Waals surface area contributed by atoms with Crippen molar-refractivity contribution in [3.63, 3.8) is 0 Å². The van der Waals surface area contributed by atoms with Crippen LogP contribution in [-0.2, 0) is 4.74 Å². The van der Waals surface area contributed by atoms with Crippen molar-refractivity contribution in [3.05, 3.63) is 0 Å². The van der Waals surface area contributed by atoms with Crippen LogP contribution in [0.25, 0.3) is 0 Å². The summed E-state index contributed by atoms with van der Waals surface area (Å²) in [5.41, 5.74) is 0. The molecular formula is C16H34N2O. The molecule has 0 aliphatic heterocycles. The average molecular weight is 270 g/mol. The third-order valence-electron chi connectivity index (χ3n) is 4.12. The van der Waals surface area contributed by atoms with Crippen LogP contribution in [0, 0.1) is 5.92 Å². The van der Waals surface area contributed by atoms with Gasteiger partial charge in [0.25, 0.3) is 0 Å². The second-order valence-electron chi connectivity index (χ2n) is 6.26. The van der Waals surface area contributed by atoms with E-state index in [4.69, 9.17) is 4.74 Å². The van der Waals surface area contributed by atoms with Crippen molar-refractivity contribution >= 4 is 0 Å². The fourth-order valence-corrected chi connectivity index (χ4v) is 2.92. The Hall–Kier alpha value is -0.120.